The molecular formula is C14H20N6O2. The topological polar surface area (TPSA) is 94.0 Å². The second-order valence-corrected chi connectivity index (χ2v) is 4.75. The van der Waals surface area contributed by atoms with Crippen LogP contribution in [-0.4, -0.2) is 32.4 Å². The van der Waals surface area contributed by atoms with Crippen LogP contribution in [0.1, 0.15) is 31.3 Å². The predicted octanol–water partition coefficient (Wildman–Crippen LogP) is 1.17. The number of aryl methyl sites for hydroxylation is 1. The monoisotopic (exact) mass is 304 g/mol. The van der Waals surface area contributed by atoms with Gasteiger partial charge >= 0.3 is 6.03 Å². The van der Waals surface area contributed by atoms with E-state index >= 15 is 0 Å². The molecule has 0 spiro atoms. The number of nitrogens with one attached hydrogen (secondary N) is 2. The molecule has 0 aliphatic rings. The number of amides is 2. The number of pyridine rings is 1. The molecule has 0 bridgehead atoms. The van der Waals surface area contributed by atoms with Gasteiger partial charge in [0.25, 0.3) is 0 Å². The molecule has 118 valence electrons. The van der Waals surface area contributed by atoms with Gasteiger partial charge in [0.15, 0.2) is 5.82 Å². The van der Waals surface area contributed by atoms with Gasteiger partial charge in [0.05, 0.1) is 12.6 Å². The Kier molecular flexibility index (Phi) is 5.29. The summed E-state index contributed by atoms with van der Waals surface area (Å²) >= 11 is 0. The highest BCUT2D eigenvalue weighted by Crippen LogP contribution is 2.13. The molecule has 0 fully saturated rings. The molecule has 8 nitrogen and oxygen atoms in total. The molecule has 0 saturated heterocycles. The molecule has 0 saturated carbocycles. The molecule has 0 radical (unpaired) electrons. The fourth-order valence-corrected chi connectivity index (χ4v) is 2.00. The smallest absolute Gasteiger partial charge is 0.315 e. The molecule has 0 aliphatic carbocycles. The van der Waals surface area contributed by atoms with Crippen molar-refractivity contribution in [1.29, 1.82) is 0 Å². The highest BCUT2D eigenvalue weighted by atomic mass is 16.5. The average Bonchev–Trinajstić information content (AvgIpc) is 2.93. The van der Waals surface area contributed by atoms with Crippen molar-refractivity contribution >= 4 is 6.03 Å². The molecule has 2 heterocycles. The van der Waals surface area contributed by atoms with Crippen molar-refractivity contribution in [3.05, 3.63) is 36.0 Å². The molecule has 2 aromatic heterocycles. The Hall–Kier alpha value is -2.64. The van der Waals surface area contributed by atoms with E-state index in [0.717, 1.165) is 5.56 Å². The largest absolute Gasteiger partial charge is 0.478 e. The third-order valence-corrected chi connectivity index (χ3v) is 3.05. The number of hydrogen-bond acceptors (Lipinski definition) is 5. The van der Waals surface area contributed by atoms with Gasteiger partial charge in [0.2, 0.25) is 5.88 Å². The SMILES string of the molecule is CCOc1ncccc1CNC(=O)NC(C)c1nncn1C. The van der Waals surface area contributed by atoms with Crippen molar-refractivity contribution in [2.45, 2.75) is 26.4 Å². The van der Waals surface area contributed by atoms with Gasteiger partial charge in [-0.1, -0.05) is 6.07 Å². The molecule has 1 atom stereocenters. The second-order valence-electron chi connectivity index (χ2n) is 4.75. The van der Waals surface area contributed by atoms with Gasteiger partial charge in [-0.15, -0.1) is 10.2 Å². The van der Waals surface area contributed by atoms with E-state index in [1.54, 1.807) is 23.2 Å². The van der Waals surface area contributed by atoms with Crippen LogP contribution in [0.3, 0.4) is 0 Å². The van der Waals surface area contributed by atoms with E-state index in [-0.39, 0.29) is 12.1 Å². The number of rotatable bonds is 6. The van der Waals surface area contributed by atoms with Crippen LogP contribution in [0, 0.1) is 0 Å². The number of nitrogens with zero attached hydrogens (tertiary/aromatic N) is 4. The van der Waals surface area contributed by atoms with Gasteiger partial charge in [-0.05, 0) is 19.9 Å². The van der Waals surface area contributed by atoms with E-state index in [2.05, 4.69) is 25.8 Å². The zero-order chi connectivity index (χ0) is 15.9. The number of aromatic nitrogens is 4. The molecule has 2 rings (SSSR count). The Morgan fingerprint density at radius 3 is 3.00 bits per heavy atom. The van der Waals surface area contributed by atoms with Crippen molar-refractivity contribution < 1.29 is 9.53 Å². The first-order valence-corrected chi connectivity index (χ1v) is 7.06. The van der Waals surface area contributed by atoms with Crippen LogP contribution in [0.5, 0.6) is 5.88 Å². The number of urea groups is 1. The Morgan fingerprint density at radius 1 is 1.50 bits per heavy atom. The number of carbonyl (C=O) groups is 1. The molecular weight excluding hydrogens is 284 g/mol. The Balaban J connectivity index is 1.89. The lowest BCUT2D eigenvalue weighted by Crippen LogP contribution is -2.37. The summed E-state index contributed by atoms with van der Waals surface area (Å²) in [5, 5.41) is 13.4. The van der Waals surface area contributed by atoms with Crippen LogP contribution in [0.2, 0.25) is 0 Å². The number of ether oxygens (including phenoxy) is 1. The van der Waals surface area contributed by atoms with Gasteiger partial charge < -0.3 is 19.9 Å². The van der Waals surface area contributed by atoms with E-state index in [9.17, 15) is 4.79 Å². The number of hydrogen-bond donors (Lipinski definition) is 2. The fraction of sp³-hybridized carbons (Fsp3) is 0.429. The first-order chi connectivity index (χ1) is 10.6. The van der Waals surface area contributed by atoms with Crippen LogP contribution in [0.15, 0.2) is 24.7 Å². The predicted molar refractivity (Wildman–Crippen MR) is 80.2 cm³/mol. The van der Waals surface area contributed by atoms with Gasteiger partial charge in [-0.25, -0.2) is 9.78 Å². The Labute approximate surface area is 128 Å². The highest BCUT2D eigenvalue weighted by molar-refractivity contribution is 5.74. The lowest BCUT2D eigenvalue weighted by Gasteiger charge is -2.14. The van der Waals surface area contributed by atoms with E-state index < -0.39 is 0 Å². The average molecular weight is 304 g/mol. The summed E-state index contributed by atoms with van der Waals surface area (Å²) in [6, 6.07) is 3.14. The minimum Gasteiger partial charge on any atom is -0.478 e. The van der Waals surface area contributed by atoms with Gasteiger partial charge in [0, 0.05) is 25.4 Å². The summed E-state index contributed by atoms with van der Waals surface area (Å²) in [5.41, 5.74) is 0.825. The maximum absolute atomic E-state index is 12.0. The summed E-state index contributed by atoms with van der Waals surface area (Å²) < 4.78 is 7.18. The molecule has 2 N–H and O–H groups in total. The summed E-state index contributed by atoms with van der Waals surface area (Å²) in [7, 11) is 1.83. The number of carbonyl (C=O) groups excluding carboxylic acids is 1. The molecule has 2 aromatic rings. The van der Waals surface area contributed by atoms with Crippen LogP contribution in [0.4, 0.5) is 4.79 Å². The molecule has 0 aromatic carbocycles. The minimum absolute atomic E-state index is 0.243. The lowest BCUT2D eigenvalue weighted by molar-refractivity contribution is 0.236. The van der Waals surface area contributed by atoms with Gasteiger partial charge in [-0.2, -0.15) is 0 Å². The van der Waals surface area contributed by atoms with Crippen molar-refractivity contribution in [3.63, 3.8) is 0 Å². The van der Waals surface area contributed by atoms with Crippen molar-refractivity contribution in [2.75, 3.05) is 6.61 Å². The maximum Gasteiger partial charge on any atom is 0.315 e. The zero-order valence-corrected chi connectivity index (χ0v) is 12.9. The first-order valence-electron chi connectivity index (χ1n) is 7.06. The minimum atomic E-state index is -0.290. The second kappa shape index (κ2) is 7.39. The Bertz CT molecular complexity index is 627. The van der Waals surface area contributed by atoms with E-state index in [1.165, 1.54) is 0 Å². The van der Waals surface area contributed by atoms with Crippen molar-refractivity contribution in [1.82, 2.24) is 30.4 Å². The molecule has 2 amide bonds. The summed E-state index contributed by atoms with van der Waals surface area (Å²) in [4.78, 5) is 16.1. The van der Waals surface area contributed by atoms with Crippen molar-refractivity contribution in [2.24, 2.45) is 7.05 Å². The summed E-state index contributed by atoms with van der Waals surface area (Å²) in [5.74, 6) is 1.22. The quantitative estimate of drug-likeness (QED) is 0.835. The molecule has 1 unspecified atom stereocenters. The standard InChI is InChI=1S/C14H20N6O2/c1-4-22-13-11(6-5-7-15-13)8-16-14(21)18-10(2)12-19-17-9-20(12)3/h5-7,9-10H,4,8H2,1-3H3,(H2,16,18,21). The third kappa shape index (κ3) is 3.94. The summed E-state index contributed by atoms with van der Waals surface area (Å²) in [6.07, 6.45) is 3.25. The maximum atomic E-state index is 12.0. The molecule has 22 heavy (non-hydrogen) atoms. The van der Waals surface area contributed by atoms with Gasteiger partial charge in [0.1, 0.15) is 6.33 Å². The van der Waals surface area contributed by atoms with Gasteiger partial charge in [-0.3, -0.25) is 0 Å². The molecule has 0 aliphatic heterocycles. The van der Waals surface area contributed by atoms with Crippen LogP contribution < -0.4 is 15.4 Å². The van der Waals surface area contributed by atoms with Crippen LogP contribution in [-0.2, 0) is 13.6 Å². The Morgan fingerprint density at radius 2 is 2.32 bits per heavy atom. The van der Waals surface area contributed by atoms with E-state index in [1.807, 2.05) is 27.0 Å². The van der Waals surface area contributed by atoms with Crippen LogP contribution in [0.25, 0.3) is 0 Å². The van der Waals surface area contributed by atoms with E-state index in [0.29, 0.717) is 24.9 Å². The summed E-state index contributed by atoms with van der Waals surface area (Å²) in [6.45, 7) is 4.60. The lowest BCUT2D eigenvalue weighted by atomic mass is 10.2. The first kappa shape index (κ1) is 15.7. The highest BCUT2D eigenvalue weighted by Gasteiger charge is 2.14. The fourth-order valence-electron chi connectivity index (χ4n) is 2.00. The third-order valence-electron chi connectivity index (χ3n) is 3.05. The van der Waals surface area contributed by atoms with Crippen LogP contribution >= 0.6 is 0 Å². The normalized spacial score (nSPS) is 11.8. The van der Waals surface area contributed by atoms with E-state index in [4.69, 9.17) is 4.74 Å². The zero-order valence-electron chi connectivity index (χ0n) is 12.9. The molecule has 8 heteroatoms. The van der Waals surface area contributed by atoms with Crippen molar-refractivity contribution in [3.8, 4) is 5.88 Å².